The number of hydrogen-bond donors (Lipinski definition) is 1. The van der Waals surface area contributed by atoms with Crippen LogP contribution in [0.25, 0.3) is 0 Å². The standard InChI is InChI=1S/C11H19NO4/c1-4-7-8(10(14)12-5-2)9(13)11(15)16-6-3/h8H,4-7H2,1-3H3,(H,12,14). The second-order valence-electron chi connectivity index (χ2n) is 3.32. The molecule has 0 aliphatic rings. The van der Waals surface area contributed by atoms with Crippen molar-refractivity contribution in [2.45, 2.75) is 33.6 Å². The van der Waals surface area contributed by atoms with Crippen LogP contribution in [0.2, 0.25) is 0 Å². The van der Waals surface area contributed by atoms with Crippen molar-refractivity contribution >= 4 is 17.7 Å². The fraction of sp³-hybridized carbons (Fsp3) is 0.727. The highest BCUT2D eigenvalue weighted by molar-refractivity contribution is 6.38. The number of esters is 1. The molecule has 0 fully saturated rings. The third-order valence-corrected chi connectivity index (χ3v) is 2.04. The summed E-state index contributed by atoms with van der Waals surface area (Å²) < 4.78 is 4.59. The van der Waals surface area contributed by atoms with Crippen LogP contribution in [0.1, 0.15) is 33.6 Å². The number of ketones is 1. The molecule has 0 aromatic heterocycles. The largest absolute Gasteiger partial charge is 0.460 e. The topological polar surface area (TPSA) is 72.5 Å². The molecule has 1 atom stereocenters. The number of ether oxygens (including phenoxy) is 1. The predicted octanol–water partition coefficient (Wildman–Crippen LogP) is 0.671. The van der Waals surface area contributed by atoms with Crippen LogP contribution in [-0.2, 0) is 19.1 Å². The van der Waals surface area contributed by atoms with Gasteiger partial charge in [0, 0.05) is 6.54 Å². The molecule has 0 heterocycles. The third-order valence-electron chi connectivity index (χ3n) is 2.04. The maximum atomic E-state index is 11.6. The van der Waals surface area contributed by atoms with E-state index in [1.807, 2.05) is 6.92 Å². The summed E-state index contributed by atoms with van der Waals surface area (Å²) in [7, 11) is 0. The highest BCUT2D eigenvalue weighted by atomic mass is 16.5. The molecule has 92 valence electrons. The molecule has 5 heteroatoms. The fourth-order valence-electron chi connectivity index (χ4n) is 1.31. The van der Waals surface area contributed by atoms with Crippen LogP contribution in [0.4, 0.5) is 0 Å². The molecule has 0 spiro atoms. The summed E-state index contributed by atoms with van der Waals surface area (Å²) in [4.78, 5) is 34.4. The first-order valence-electron chi connectivity index (χ1n) is 5.57. The summed E-state index contributed by atoms with van der Waals surface area (Å²) in [6.07, 6.45) is 1.02. The van der Waals surface area contributed by atoms with Crippen LogP contribution in [0.3, 0.4) is 0 Å². The summed E-state index contributed by atoms with van der Waals surface area (Å²) in [5, 5.41) is 2.54. The van der Waals surface area contributed by atoms with Crippen molar-refractivity contribution in [2.75, 3.05) is 13.2 Å². The van der Waals surface area contributed by atoms with E-state index in [2.05, 4.69) is 10.1 Å². The van der Waals surface area contributed by atoms with E-state index in [4.69, 9.17) is 0 Å². The van der Waals surface area contributed by atoms with Crippen LogP contribution < -0.4 is 5.32 Å². The first kappa shape index (κ1) is 14.6. The van der Waals surface area contributed by atoms with Gasteiger partial charge in [-0.15, -0.1) is 0 Å². The minimum Gasteiger partial charge on any atom is -0.460 e. The smallest absolute Gasteiger partial charge is 0.375 e. The van der Waals surface area contributed by atoms with Gasteiger partial charge in [-0.2, -0.15) is 0 Å². The van der Waals surface area contributed by atoms with Crippen LogP contribution in [0.15, 0.2) is 0 Å². The SMILES string of the molecule is CCCC(C(=O)NCC)C(=O)C(=O)OCC. The molecule has 0 aromatic carbocycles. The van der Waals surface area contributed by atoms with Crippen molar-refractivity contribution < 1.29 is 19.1 Å². The van der Waals surface area contributed by atoms with Gasteiger partial charge >= 0.3 is 5.97 Å². The minimum atomic E-state index is -0.924. The number of Topliss-reactive ketones (excluding diaryl/α,β-unsaturated/α-hetero) is 1. The first-order chi connectivity index (χ1) is 7.58. The molecule has 16 heavy (non-hydrogen) atoms. The van der Waals surface area contributed by atoms with Gasteiger partial charge in [0.25, 0.3) is 5.78 Å². The fourth-order valence-corrected chi connectivity index (χ4v) is 1.31. The number of carbonyl (C=O) groups is 3. The highest BCUT2D eigenvalue weighted by Crippen LogP contribution is 2.09. The minimum absolute atomic E-state index is 0.138. The molecule has 1 unspecified atom stereocenters. The number of nitrogens with one attached hydrogen (secondary N) is 1. The molecule has 1 amide bonds. The molecule has 0 saturated carbocycles. The zero-order chi connectivity index (χ0) is 12.6. The molecule has 0 radical (unpaired) electrons. The highest BCUT2D eigenvalue weighted by Gasteiger charge is 2.31. The Hall–Kier alpha value is -1.39. The Kier molecular flexibility index (Phi) is 7.16. The van der Waals surface area contributed by atoms with Crippen molar-refractivity contribution in [1.82, 2.24) is 5.32 Å². The Balaban J connectivity index is 4.57. The van der Waals surface area contributed by atoms with Crippen LogP contribution in [0, 0.1) is 5.92 Å². The molecule has 1 N–H and O–H groups in total. The lowest BCUT2D eigenvalue weighted by atomic mass is 9.97. The summed E-state index contributed by atoms with van der Waals surface area (Å²) in [6.45, 7) is 5.81. The molecule has 0 bridgehead atoms. The van der Waals surface area contributed by atoms with Crippen LogP contribution in [0.5, 0.6) is 0 Å². The van der Waals surface area contributed by atoms with E-state index < -0.39 is 23.6 Å². The summed E-state index contributed by atoms with van der Waals surface area (Å²) >= 11 is 0. The van der Waals surface area contributed by atoms with E-state index >= 15 is 0 Å². The molecule has 0 saturated heterocycles. The Morgan fingerprint density at radius 1 is 1.19 bits per heavy atom. The zero-order valence-corrected chi connectivity index (χ0v) is 10.0. The Bertz CT molecular complexity index is 263. The maximum absolute atomic E-state index is 11.6. The van der Waals surface area contributed by atoms with Gasteiger partial charge in [-0.05, 0) is 20.3 Å². The second-order valence-corrected chi connectivity index (χ2v) is 3.32. The van der Waals surface area contributed by atoms with Gasteiger partial charge in [0.15, 0.2) is 0 Å². The lowest BCUT2D eigenvalue weighted by Gasteiger charge is -2.13. The van der Waals surface area contributed by atoms with Gasteiger partial charge in [0.1, 0.15) is 5.92 Å². The monoisotopic (exact) mass is 229 g/mol. The average Bonchev–Trinajstić information content (AvgIpc) is 2.25. The van der Waals surface area contributed by atoms with Crippen molar-refractivity contribution in [2.24, 2.45) is 5.92 Å². The van der Waals surface area contributed by atoms with Gasteiger partial charge in [-0.3, -0.25) is 9.59 Å². The quantitative estimate of drug-likeness (QED) is 0.395. The van der Waals surface area contributed by atoms with Gasteiger partial charge in [-0.1, -0.05) is 13.3 Å². The zero-order valence-electron chi connectivity index (χ0n) is 10.0. The summed E-state index contributed by atoms with van der Waals surface area (Å²) in [5.41, 5.74) is 0. The molecule has 0 aliphatic heterocycles. The molecule has 0 rings (SSSR count). The number of hydrogen-bond acceptors (Lipinski definition) is 4. The number of amides is 1. The van der Waals surface area contributed by atoms with Crippen LogP contribution >= 0.6 is 0 Å². The predicted molar refractivity (Wildman–Crippen MR) is 58.7 cm³/mol. The van der Waals surface area contributed by atoms with Gasteiger partial charge in [-0.25, -0.2) is 4.79 Å². The Morgan fingerprint density at radius 2 is 1.81 bits per heavy atom. The first-order valence-corrected chi connectivity index (χ1v) is 5.57. The molecular weight excluding hydrogens is 210 g/mol. The molecule has 0 aromatic rings. The third kappa shape index (κ3) is 4.42. The van der Waals surface area contributed by atoms with E-state index in [1.54, 1.807) is 13.8 Å². The summed E-state index contributed by atoms with van der Waals surface area (Å²) in [5.74, 6) is -2.99. The van der Waals surface area contributed by atoms with Crippen molar-refractivity contribution in [1.29, 1.82) is 0 Å². The lowest BCUT2D eigenvalue weighted by molar-refractivity contribution is -0.157. The van der Waals surface area contributed by atoms with E-state index in [1.165, 1.54) is 0 Å². The van der Waals surface area contributed by atoms with Gasteiger partial charge in [0.2, 0.25) is 5.91 Å². The van der Waals surface area contributed by atoms with Gasteiger partial charge < -0.3 is 10.1 Å². The molecule has 5 nitrogen and oxygen atoms in total. The van der Waals surface area contributed by atoms with Crippen LogP contribution in [-0.4, -0.2) is 30.8 Å². The number of rotatable bonds is 7. The van der Waals surface area contributed by atoms with Crippen molar-refractivity contribution in [3.05, 3.63) is 0 Å². The van der Waals surface area contributed by atoms with Crippen molar-refractivity contribution in [3.8, 4) is 0 Å². The van der Waals surface area contributed by atoms with E-state index in [0.29, 0.717) is 19.4 Å². The second kappa shape index (κ2) is 7.84. The Labute approximate surface area is 95.5 Å². The van der Waals surface area contributed by atoms with Crippen molar-refractivity contribution in [3.63, 3.8) is 0 Å². The van der Waals surface area contributed by atoms with E-state index in [9.17, 15) is 14.4 Å². The normalized spacial score (nSPS) is 11.7. The average molecular weight is 229 g/mol. The van der Waals surface area contributed by atoms with Gasteiger partial charge in [0.05, 0.1) is 6.61 Å². The number of carbonyl (C=O) groups excluding carboxylic acids is 3. The van der Waals surface area contributed by atoms with E-state index in [-0.39, 0.29) is 6.61 Å². The maximum Gasteiger partial charge on any atom is 0.375 e. The molecular formula is C11H19NO4. The Morgan fingerprint density at radius 3 is 2.25 bits per heavy atom. The lowest BCUT2D eigenvalue weighted by Crippen LogP contribution is -2.38. The molecule has 0 aliphatic carbocycles. The summed E-state index contributed by atoms with van der Waals surface area (Å²) in [6, 6.07) is 0. The van der Waals surface area contributed by atoms with E-state index in [0.717, 1.165) is 0 Å².